The Kier molecular flexibility index (Phi) is 7.41. The van der Waals surface area contributed by atoms with E-state index < -0.39 is 0 Å². The summed E-state index contributed by atoms with van der Waals surface area (Å²) in [4.78, 5) is 12.1. The summed E-state index contributed by atoms with van der Waals surface area (Å²) in [7, 11) is 1.67. The van der Waals surface area contributed by atoms with Crippen molar-refractivity contribution in [2.75, 3.05) is 26.8 Å². The van der Waals surface area contributed by atoms with E-state index in [9.17, 15) is 4.79 Å². The molecule has 0 saturated heterocycles. The minimum atomic E-state index is -0.0938. The molecular formula is C16H22N2O2. The van der Waals surface area contributed by atoms with Crippen molar-refractivity contribution in [1.29, 1.82) is 0 Å². The molecule has 0 aliphatic heterocycles. The maximum absolute atomic E-state index is 12.1. The van der Waals surface area contributed by atoms with Gasteiger partial charge in [0.1, 0.15) is 0 Å². The fourth-order valence-electron chi connectivity index (χ4n) is 1.77. The predicted octanol–water partition coefficient (Wildman–Crippen LogP) is 1.46. The molecule has 0 heterocycles. The van der Waals surface area contributed by atoms with E-state index in [1.165, 1.54) is 0 Å². The van der Waals surface area contributed by atoms with E-state index in [1.807, 2.05) is 19.1 Å². The minimum Gasteiger partial charge on any atom is -0.385 e. The Hall–Kier alpha value is -1.83. The van der Waals surface area contributed by atoms with Crippen molar-refractivity contribution in [3.63, 3.8) is 0 Å². The van der Waals surface area contributed by atoms with Crippen LogP contribution in [0.5, 0.6) is 0 Å². The summed E-state index contributed by atoms with van der Waals surface area (Å²) >= 11 is 0. The average Bonchev–Trinajstić information content (AvgIpc) is 2.44. The molecule has 1 amide bonds. The lowest BCUT2D eigenvalue weighted by Crippen LogP contribution is -2.25. The molecule has 108 valence electrons. The molecule has 0 radical (unpaired) electrons. The number of methoxy groups -OCH3 is 1. The molecular weight excluding hydrogens is 252 g/mol. The molecule has 0 atom stereocenters. The third-order valence-corrected chi connectivity index (χ3v) is 2.81. The van der Waals surface area contributed by atoms with Gasteiger partial charge in [-0.3, -0.25) is 4.79 Å². The number of aryl methyl sites for hydroxylation is 1. The highest BCUT2D eigenvalue weighted by molar-refractivity contribution is 5.96. The summed E-state index contributed by atoms with van der Waals surface area (Å²) in [5, 5.41) is 2.90. The van der Waals surface area contributed by atoms with Crippen LogP contribution in [-0.2, 0) is 4.74 Å². The highest BCUT2D eigenvalue weighted by atomic mass is 16.5. The van der Waals surface area contributed by atoms with Gasteiger partial charge in [-0.2, -0.15) is 0 Å². The molecule has 3 N–H and O–H groups in total. The third kappa shape index (κ3) is 5.43. The van der Waals surface area contributed by atoms with Gasteiger partial charge in [-0.05, 0) is 37.5 Å². The fraction of sp³-hybridized carbons (Fsp3) is 0.438. The lowest BCUT2D eigenvalue weighted by molar-refractivity contribution is 0.0951. The first kappa shape index (κ1) is 16.2. The van der Waals surface area contributed by atoms with Crippen molar-refractivity contribution in [3.8, 4) is 11.8 Å². The van der Waals surface area contributed by atoms with Crippen molar-refractivity contribution in [1.82, 2.24) is 5.32 Å². The summed E-state index contributed by atoms with van der Waals surface area (Å²) in [6.45, 7) is 3.61. The van der Waals surface area contributed by atoms with Gasteiger partial charge in [0.15, 0.2) is 0 Å². The number of hydrogen-bond donors (Lipinski definition) is 2. The highest BCUT2D eigenvalue weighted by Gasteiger charge is 2.09. The quantitative estimate of drug-likeness (QED) is 0.610. The van der Waals surface area contributed by atoms with Crippen molar-refractivity contribution < 1.29 is 9.53 Å². The van der Waals surface area contributed by atoms with Crippen LogP contribution in [0.25, 0.3) is 0 Å². The maximum atomic E-state index is 12.1. The van der Waals surface area contributed by atoms with Gasteiger partial charge in [0.05, 0.1) is 12.1 Å². The zero-order chi connectivity index (χ0) is 14.8. The molecule has 0 aliphatic rings. The Morgan fingerprint density at radius 2 is 2.20 bits per heavy atom. The lowest BCUT2D eigenvalue weighted by atomic mass is 10.0. The molecule has 0 bridgehead atoms. The number of unbranched alkanes of at least 4 members (excludes halogenated alkanes) is 1. The minimum absolute atomic E-state index is 0.0938. The Morgan fingerprint density at radius 1 is 1.40 bits per heavy atom. The van der Waals surface area contributed by atoms with Crippen molar-refractivity contribution in [3.05, 3.63) is 34.9 Å². The number of amides is 1. The first-order valence-corrected chi connectivity index (χ1v) is 6.75. The van der Waals surface area contributed by atoms with Crippen LogP contribution in [0.15, 0.2) is 18.2 Å². The van der Waals surface area contributed by atoms with Gasteiger partial charge in [0.2, 0.25) is 0 Å². The SMILES string of the molecule is COCCCCNC(=O)c1ccc(C)cc1C#CCN. The average molecular weight is 274 g/mol. The van der Waals surface area contributed by atoms with E-state index in [0.29, 0.717) is 18.7 Å². The van der Waals surface area contributed by atoms with Crippen molar-refractivity contribution in [2.24, 2.45) is 5.73 Å². The van der Waals surface area contributed by atoms with Crippen LogP contribution in [0.3, 0.4) is 0 Å². The standard InChI is InChI=1S/C16H22N2O2/c1-13-7-8-15(14(12-13)6-5-9-17)16(19)18-10-3-4-11-20-2/h7-8,12H,3-4,9-11,17H2,1-2H3,(H,18,19). The number of rotatable bonds is 6. The fourth-order valence-corrected chi connectivity index (χ4v) is 1.77. The van der Waals surface area contributed by atoms with Gasteiger partial charge < -0.3 is 15.8 Å². The summed E-state index contributed by atoms with van der Waals surface area (Å²) < 4.78 is 4.97. The number of nitrogens with one attached hydrogen (secondary N) is 1. The van der Waals surface area contributed by atoms with Crippen LogP contribution in [0.4, 0.5) is 0 Å². The smallest absolute Gasteiger partial charge is 0.252 e. The van der Waals surface area contributed by atoms with Crippen LogP contribution in [-0.4, -0.2) is 32.7 Å². The zero-order valence-corrected chi connectivity index (χ0v) is 12.2. The van der Waals surface area contributed by atoms with E-state index in [-0.39, 0.29) is 12.5 Å². The summed E-state index contributed by atoms with van der Waals surface area (Å²) in [6, 6.07) is 5.62. The molecule has 1 aromatic carbocycles. The Bertz CT molecular complexity index is 501. The topological polar surface area (TPSA) is 64.3 Å². The highest BCUT2D eigenvalue weighted by Crippen LogP contribution is 2.10. The Balaban J connectivity index is 2.67. The second-order valence-corrected chi connectivity index (χ2v) is 4.51. The second-order valence-electron chi connectivity index (χ2n) is 4.51. The van der Waals surface area contributed by atoms with Gasteiger partial charge in [-0.25, -0.2) is 0 Å². The zero-order valence-electron chi connectivity index (χ0n) is 12.2. The van der Waals surface area contributed by atoms with Gasteiger partial charge in [0, 0.05) is 25.8 Å². The molecule has 0 spiro atoms. The second kappa shape index (κ2) is 9.13. The molecule has 4 nitrogen and oxygen atoms in total. The van der Waals surface area contributed by atoms with Crippen LogP contribution >= 0.6 is 0 Å². The number of benzene rings is 1. The first-order valence-electron chi connectivity index (χ1n) is 6.75. The Labute approximate surface area is 120 Å². The molecule has 0 aliphatic carbocycles. The molecule has 1 aromatic rings. The van der Waals surface area contributed by atoms with Crippen LogP contribution < -0.4 is 11.1 Å². The molecule has 0 aromatic heterocycles. The molecule has 0 unspecified atom stereocenters. The monoisotopic (exact) mass is 274 g/mol. The van der Waals surface area contributed by atoms with E-state index in [4.69, 9.17) is 10.5 Å². The Morgan fingerprint density at radius 3 is 2.90 bits per heavy atom. The van der Waals surface area contributed by atoms with Crippen molar-refractivity contribution in [2.45, 2.75) is 19.8 Å². The number of ether oxygens (including phenoxy) is 1. The van der Waals surface area contributed by atoms with E-state index >= 15 is 0 Å². The summed E-state index contributed by atoms with van der Waals surface area (Å²) in [5.74, 6) is 5.65. The molecule has 0 saturated carbocycles. The molecule has 1 rings (SSSR count). The van der Waals surface area contributed by atoms with Crippen LogP contribution in [0, 0.1) is 18.8 Å². The van der Waals surface area contributed by atoms with E-state index in [2.05, 4.69) is 17.2 Å². The summed E-state index contributed by atoms with van der Waals surface area (Å²) in [6.07, 6.45) is 1.83. The van der Waals surface area contributed by atoms with E-state index in [0.717, 1.165) is 24.0 Å². The number of carbonyl (C=O) groups is 1. The molecule has 0 fully saturated rings. The van der Waals surface area contributed by atoms with Crippen molar-refractivity contribution >= 4 is 5.91 Å². The number of hydrogen-bond acceptors (Lipinski definition) is 3. The van der Waals surface area contributed by atoms with Gasteiger partial charge in [-0.1, -0.05) is 17.9 Å². The first-order chi connectivity index (χ1) is 9.69. The van der Waals surface area contributed by atoms with E-state index in [1.54, 1.807) is 13.2 Å². The third-order valence-electron chi connectivity index (χ3n) is 2.81. The normalized spacial score (nSPS) is 9.75. The van der Waals surface area contributed by atoms with Gasteiger partial charge in [-0.15, -0.1) is 0 Å². The maximum Gasteiger partial charge on any atom is 0.252 e. The number of carbonyl (C=O) groups excluding carboxylic acids is 1. The molecule has 4 heteroatoms. The van der Waals surface area contributed by atoms with Crippen LogP contribution in [0.2, 0.25) is 0 Å². The number of nitrogens with two attached hydrogens (primary N) is 1. The largest absolute Gasteiger partial charge is 0.385 e. The molecule has 20 heavy (non-hydrogen) atoms. The van der Waals surface area contributed by atoms with Gasteiger partial charge in [0.25, 0.3) is 5.91 Å². The predicted molar refractivity (Wildman–Crippen MR) is 80.6 cm³/mol. The van der Waals surface area contributed by atoms with Crippen LogP contribution in [0.1, 0.15) is 34.3 Å². The lowest BCUT2D eigenvalue weighted by Gasteiger charge is -2.08. The van der Waals surface area contributed by atoms with Gasteiger partial charge >= 0.3 is 0 Å². The summed E-state index contributed by atoms with van der Waals surface area (Å²) in [5.41, 5.74) is 7.78.